The van der Waals surface area contributed by atoms with Gasteiger partial charge in [-0.3, -0.25) is 10.1 Å². The normalized spacial score (nSPS) is 10.1. The van der Waals surface area contributed by atoms with Gasteiger partial charge in [0.15, 0.2) is 0 Å². The molecule has 72 valence electrons. The average Bonchev–Trinajstić information content (AvgIpc) is 2.71. The van der Waals surface area contributed by atoms with Crippen molar-refractivity contribution in [2.24, 2.45) is 5.84 Å². The van der Waals surface area contributed by atoms with Gasteiger partial charge in [0.1, 0.15) is 0 Å². The van der Waals surface area contributed by atoms with E-state index in [4.69, 9.17) is 5.84 Å². The standard InChI is InChI=1S/C8H10N6/c9-13-8-10-4-2-7(12-8)6-14-5-1-3-11-14/h1-5H,6,9H2,(H,10,12,13). The number of nitrogens with zero attached hydrogens (tertiary/aromatic N) is 4. The molecule has 14 heavy (non-hydrogen) atoms. The number of hydrogen-bond acceptors (Lipinski definition) is 5. The molecule has 0 saturated heterocycles. The van der Waals surface area contributed by atoms with Gasteiger partial charge in [-0.15, -0.1) is 0 Å². The molecule has 2 rings (SSSR count). The van der Waals surface area contributed by atoms with Crippen LogP contribution in [0.3, 0.4) is 0 Å². The zero-order valence-electron chi connectivity index (χ0n) is 7.46. The van der Waals surface area contributed by atoms with E-state index in [0.29, 0.717) is 12.5 Å². The number of aromatic nitrogens is 4. The van der Waals surface area contributed by atoms with Crippen LogP contribution in [0, 0.1) is 0 Å². The van der Waals surface area contributed by atoms with Gasteiger partial charge in [0.2, 0.25) is 5.95 Å². The van der Waals surface area contributed by atoms with Crippen LogP contribution in [-0.4, -0.2) is 19.7 Å². The van der Waals surface area contributed by atoms with Crippen LogP contribution in [0.5, 0.6) is 0 Å². The van der Waals surface area contributed by atoms with Crippen molar-refractivity contribution >= 4 is 5.95 Å². The molecule has 0 aliphatic rings. The Morgan fingerprint density at radius 1 is 1.43 bits per heavy atom. The van der Waals surface area contributed by atoms with Crippen LogP contribution in [0.4, 0.5) is 5.95 Å². The van der Waals surface area contributed by atoms with Crippen LogP contribution in [0.2, 0.25) is 0 Å². The average molecular weight is 190 g/mol. The third-order valence-electron chi connectivity index (χ3n) is 1.73. The van der Waals surface area contributed by atoms with E-state index in [2.05, 4.69) is 20.5 Å². The van der Waals surface area contributed by atoms with Crippen molar-refractivity contribution in [2.45, 2.75) is 6.54 Å². The first-order valence-corrected chi connectivity index (χ1v) is 4.14. The lowest BCUT2D eigenvalue weighted by atomic mass is 10.4. The smallest absolute Gasteiger partial charge is 0.237 e. The fourth-order valence-corrected chi connectivity index (χ4v) is 1.11. The van der Waals surface area contributed by atoms with Gasteiger partial charge in [-0.25, -0.2) is 15.8 Å². The van der Waals surface area contributed by atoms with Gasteiger partial charge in [0.05, 0.1) is 12.2 Å². The summed E-state index contributed by atoms with van der Waals surface area (Å²) in [4.78, 5) is 8.07. The van der Waals surface area contributed by atoms with E-state index in [1.165, 1.54) is 0 Å². The van der Waals surface area contributed by atoms with E-state index in [1.807, 2.05) is 18.3 Å². The molecular formula is C8H10N6. The van der Waals surface area contributed by atoms with Crippen LogP contribution in [-0.2, 0) is 6.54 Å². The highest BCUT2D eigenvalue weighted by atomic mass is 15.3. The Bertz CT molecular complexity index is 396. The van der Waals surface area contributed by atoms with Crippen LogP contribution in [0.1, 0.15) is 5.69 Å². The van der Waals surface area contributed by atoms with Crippen molar-refractivity contribution in [1.82, 2.24) is 19.7 Å². The highest BCUT2D eigenvalue weighted by molar-refractivity contribution is 5.22. The zero-order chi connectivity index (χ0) is 9.80. The first kappa shape index (κ1) is 8.64. The van der Waals surface area contributed by atoms with Gasteiger partial charge in [-0.2, -0.15) is 5.10 Å². The minimum atomic E-state index is 0.412. The second-order valence-corrected chi connectivity index (χ2v) is 2.72. The van der Waals surface area contributed by atoms with E-state index in [-0.39, 0.29) is 0 Å². The van der Waals surface area contributed by atoms with Gasteiger partial charge in [0.25, 0.3) is 0 Å². The Labute approximate surface area is 80.8 Å². The predicted octanol–water partition coefficient (Wildman–Crippen LogP) is 0.00700. The molecule has 0 atom stereocenters. The van der Waals surface area contributed by atoms with Crippen LogP contribution in [0.25, 0.3) is 0 Å². The summed E-state index contributed by atoms with van der Waals surface area (Å²) in [6.45, 7) is 0.615. The van der Waals surface area contributed by atoms with E-state index in [9.17, 15) is 0 Å². The Morgan fingerprint density at radius 2 is 2.36 bits per heavy atom. The van der Waals surface area contributed by atoms with Crippen molar-refractivity contribution in [3.8, 4) is 0 Å². The molecule has 0 fully saturated rings. The summed E-state index contributed by atoms with van der Waals surface area (Å²) in [7, 11) is 0. The highest BCUT2D eigenvalue weighted by Crippen LogP contribution is 2.00. The molecule has 2 aromatic rings. The third kappa shape index (κ3) is 1.86. The monoisotopic (exact) mass is 190 g/mol. The van der Waals surface area contributed by atoms with Crippen LogP contribution >= 0.6 is 0 Å². The summed E-state index contributed by atoms with van der Waals surface area (Å²) in [6, 6.07) is 3.69. The summed E-state index contributed by atoms with van der Waals surface area (Å²) in [5.41, 5.74) is 3.25. The van der Waals surface area contributed by atoms with Crippen LogP contribution < -0.4 is 11.3 Å². The summed E-state index contributed by atoms with van der Waals surface area (Å²) in [5.74, 6) is 5.61. The molecule has 0 amide bonds. The maximum Gasteiger partial charge on any atom is 0.237 e. The van der Waals surface area contributed by atoms with Crippen molar-refractivity contribution < 1.29 is 0 Å². The summed E-state index contributed by atoms with van der Waals surface area (Å²) in [5, 5.41) is 4.07. The number of anilines is 1. The van der Waals surface area contributed by atoms with E-state index >= 15 is 0 Å². The second kappa shape index (κ2) is 3.84. The number of nitrogens with two attached hydrogens (primary N) is 1. The summed E-state index contributed by atoms with van der Waals surface area (Å²) in [6.07, 6.45) is 5.25. The van der Waals surface area contributed by atoms with Gasteiger partial charge >= 0.3 is 0 Å². The molecule has 0 unspecified atom stereocenters. The van der Waals surface area contributed by atoms with Gasteiger partial charge in [-0.05, 0) is 12.1 Å². The minimum absolute atomic E-state index is 0.412. The molecule has 2 heterocycles. The molecule has 6 nitrogen and oxygen atoms in total. The number of nitrogens with one attached hydrogen (secondary N) is 1. The fourth-order valence-electron chi connectivity index (χ4n) is 1.11. The maximum absolute atomic E-state index is 5.19. The van der Waals surface area contributed by atoms with Crippen molar-refractivity contribution in [3.63, 3.8) is 0 Å². The molecule has 3 N–H and O–H groups in total. The van der Waals surface area contributed by atoms with E-state index in [1.54, 1.807) is 17.1 Å². The molecule has 6 heteroatoms. The maximum atomic E-state index is 5.19. The molecule has 2 aromatic heterocycles. The van der Waals surface area contributed by atoms with E-state index in [0.717, 1.165) is 5.69 Å². The van der Waals surface area contributed by atoms with E-state index < -0.39 is 0 Å². The van der Waals surface area contributed by atoms with Crippen molar-refractivity contribution in [2.75, 3.05) is 5.43 Å². The summed E-state index contributed by atoms with van der Waals surface area (Å²) >= 11 is 0. The molecule has 0 aromatic carbocycles. The fraction of sp³-hybridized carbons (Fsp3) is 0.125. The Kier molecular flexibility index (Phi) is 2.37. The minimum Gasteiger partial charge on any atom is -0.292 e. The van der Waals surface area contributed by atoms with Gasteiger partial charge < -0.3 is 0 Å². The summed E-state index contributed by atoms with van der Waals surface area (Å²) < 4.78 is 1.78. The lowest BCUT2D eigenvalue weighted by Gasteiger charge is -2.02. The molecule has 0 spiro atoms. The van der Waals surface area contributed by atoms with Gasteiger partial charge in [-0.1, -0.05) is 0 Å². The Morgan fingerprint density at radius 3 is 3.07 bits per heavy atom. The number of hydrazine groups is 1. The van der Waals surface area contributed by atoms with Crippen molar-refractivity contribution in [1.29, 1.82) is 0 Å². The largest absolute Gasteiger partial charge is 0.292 e. The highest BCUT2D eigenvalue weighted by Gasteiger charge is 1.98. The molecular weight excluding hydrogens is 180 g/mol. The van der Waals surface area contributed by atoms with Gasteiger partial charge in [0, 0.05) is 18.6 Å². The number of nitrogen functional groups attached to an aromatic ring is 1. The SMILES string of the molecule is NNc1nccc(Cn2cccn2)n1. The second-order valence-electron chi connectivity index (χ2n) is 2.72. The molecule has 0 saturated carbocycles. The zero-order valence-corrected chi connectivity index (χ0v) is 7.46. The third-order valence-corrected chi connectivity index (χ3v) is 1.73. The lowest BCUT2D eigenvalue weighted by Crippen LogP contribution is -2.12. The molecule has 0 bridgehead atoms. The number of rotatable bonds is 3. The number of hydrogen-bond donors (Lipinski definition) is 2. The lowest BCUT2D eigenvalue weighted by molar-refractivity contribution is 0.671. The molecule has 0 radical (unpaired) electrons. The first-order valence-electron chi connectivity index (χ1n) is 4.14. The predicted molar refractivity (Wildman–Crippen MR) is 51.2 cm³/mol. The first-order chi connectivity index (χ1) is 6.88. The molecule has 0 aliphatic heterocycles. The Hall–Kier alpha value is -1.95. The van der Waals surface area contributed by atoms with Crippen LogP contribution in [0.15, 0.2) is 30.7 Å². The topological polar surface area (TPSA) is 81.6 Å². The molecule has 0 aliphatic carbocycles. The Balaban J connectivity index is 2.17. The quantitative estimate of drug-likeness (QED) is 0.526. The van der Waals surface area contributed by atoms with Crippen molar-refractivity contribution in [3.05, 3.63) is 36.4 Å².